The number of hydrogen-bond donors (Lipinski definition) is 1. The van der Waals surface area contributed by atoms with Gasteiger partial charge in [-0.05, 0) is 32.0 Å². The summed E-state index contributed by atoms with van der Waals surface area (Å²) in [5, 5.41) is 9.21. The fraction of sp³-hybridized carbons (Fsp3) is 0.400. The predicted molar refractivity (Wildman–Crippen MR) is 55.9 cm³/mol. The fourth-order valence-corrected chi connectivity index (χ4v) is 1.23. The van der Waals surface area contributed by atoms with Crippen LogP contribution in [0.25, 0.3) is 0 Å². The molecule has 0 radical (unpaired) electrons. The molecule has 0 bridgehead atoms. The Morgan fingerprint density at radius 1 is 1.38 bits per heavy atom. The summed E-state index contributed by atoms with van der Waals surface area (Å²) in [7, 11) is 0. The lowest BCUT2D eigenvalue weighted by Gasteiger charge is -2.17. The van der Waals surface area contributed by atoms with Crippen molar-refractivity contribution in [1.29, 1.82) is 0 Å². The molecule has 0 aliphatic carbocycles. The first-order valence-corrected chi connectivity index (χ1v) is 4.99. The summed E-state index contributed by atoms with van der Waals surface area (Å²) in [5.74, 6) is 0.766. The van der Waals surface area contributed by atoms with Gasteiger partial charge in [0.05, 0.1) is 6.10 Å². The van der Waals surface area contributed by atoms with E-state index < -0.39 is 6.10 Å². The Hall–Kier alpha value is -0.540. The fourth-order valence-electron chi connectivity index (χ4n) is 0.853. The Labute approximate surface area is 86.7 Å². The summed E-state index contributed by atoms with van der Waals surface area (Å²) < 4.78 is 6.45. The molecular formula is C10H13BrO2. The zero-order chi connectivity index (χ0) is 9.84. The normalized spacial score (nSPS) is 15.1. The van der Waals surface area contributed by atoms with Gasteiger partial charge in [0.2, 0.25) is 0 Å². The highest BCUT2D eigenvalue weighted by Gasteiger charge is 2.09. The van der Waals surface area contributed by atoms with E-state index in [9.17, 15) is 5.11 Å². The monoisotopic (exact) mass is 244 g/mol. The molecule has 0 aliphatic heterocycles. The molecule has 2 atom stereocenters. The highest BCUT2D eigenvalue weighted by atomic mass is 79.9. The molecule has 1 aromatic carbocycles. The second-order valence-electron chi connectivity index (χ2n) is 3.02. The second-order valence-corrected chi connectivity index (χ2v) is 3.94. The molecule has 0 heterocycles. The van der Waals surface area contributed by atoms with E-state index in [1.807, 2.05) is 31.2 Å². The molecule has 0 saturated carbocycles. The van der Waals surface area contributed by atoms with Crippen LogP contribution in [0.5, 0.6) is 5.75 Å². The van der Waals surface area contributed by atoms with E-state index in [0.717, 1.165) is 10.2 Å². The first kappa shape index (κ1) is 10.5. The van der Waals surface area contributed by atoms with E-state index in [1.54, 1.807) is 6.92 Å². The Morgan fingerprint density at radius 2 is 2.08 bits per heavy atom. The molecule has 3 heteroatoms. The van der Waals surface area contributed by atoms with Gasteiger partial charge in [-0.3, -0.25) is 0 Å². The minimum atomic E-state index is -0.459. The third-order valence-electron chi connectivity index (χ3n) is 1.80. The largest absolute Gasteiger partial charge is 0.488 e. The molecule has 13 heavy (non-hydrogen) atoms. The zero-order valence-corrected chi connectivity index (χ0v) is 9.28. The molecule has 2 nitrogen and oxygen atoms in total. The number of ether oxygens (including phenoxy) is 1. The van der Waals surface area contributed by atoms with E-state index in [1.165, 1.54) is 0 Å². The van der Waals surface area contributed by atoms with Crippen molar-refractivity contribution < 1.29 is 9.84 Å². The van der Waals surface area contributed by atoms with Crippen molar-refractivity contribution in [3.8, 4) is 5.75 Å². The summed E-state index contributed by atoms with van der Waals surface area (Å²) in [6, 6.07) is 7.57. The predicted octanol–water partition coefficient (Wildman–Crippen LogP) is 2.60. The van der Waals surface area contributed by atoms with Crippen molar-refractivity contribution in [3.05, 3.63) is 28.7 Å². The molecule has 0 fully saturated rings. The minimum absolute atomic E-state index is 0.186. The van der Waals surface area contributed by atoms with Gasteiger partial charge in [0.1, 0.15) is 11.9 Å². The molecular weight excluding hydrogens is 232 g/mol. The first-order valence-electron chi connectivity index (χ1n) is 4.20. The van der Waals surface area contributed by atoms with Crippen LogP contribution in [0.3, 0.4) is 0 Å². The molecule has 0 spiro atoms. The lowest BCUT2D eigenvalue weighted by Crippen LogP contribution is -2.25. The second kappa shape index (κ2) is 4.63. The third kappa shape index (κ3) is 3.36. The Morgan fingerprint density at radius 3 is 2.62 bits per heavy atom. The average Bonchev–Trinajstić information content (AvgIpc) is 2.04. The van der Waals surface area contributed by atoms with Crippen LogP contribution in [0.1, 0.15) is 13.8 Å². The molecule has 0 aliphatic rings. The van der Waals surface area contributed by atoms with Crippen molar-refractivity contribution in [2.45, 2.75) is 26.1 Å². The summed E-state index contributed by atoms with van der Waals surface area (Å²) in [5.41, 5.74) is 0. The van der Waals surface area contributed by atoms with Gasteiger partial charge >= 0.3 is 0 Å². The highest BCUT2D eigenvalue weighted by molar-refractivity contribution is 9.10. The quantitative estimate of drug-likeness (QED) is 0.886. The van der Waals surface area contributed by atoms with Crippen molar-refractivity contribution in [2.75, 3.05) is 0 Å². The Bertz CT molecular complexity index is 273. The van der Waals surface area contributed by atoms with Crippen molar-refractivity contribution in [1.82, 2.24) is 0 Å². The van der Waals surface area contributed by atoms with Gasteiger partial charge < -0.3 is 9.84 Å². The number of benzene rings is 1. The van der Waals surface area contributed by atoms with E-state index in [-0.39, 0.29) is 6.10 Å². The summed E-state index contributed by atoms with van der Waals surface area (Å²) in [4.78, 5) is 0. The van der Waals surface area contributed by atoms with Crippen molar-refractivity contribution in [3.63, 3.8) is 0 Å². The van der Waals surface area contributed by atoms with Crippen LogP contribution in [0.2, 0.25) is 0 Å². The van der Waals surface area contributed by atoms with Crippen molar-refractivity contribution >= 4 is 15.9 Å². The van der Waals surface area contributed by atoms with E-state index >= 15 is 0 Å². The number of halogens is 1. The van der Waals surface area contributed by atoms with E-state index in [0.29, 0.717) is 0 Å². The average molecular weight is 245 g/mol. The first-order chi connectivity index (χ1) is 6.09. The minimum Gasteiger partial charge on any atom is -0.488 e. The maximum atomic E-state index is 9.21. The van der Waals surface area contributed by atoms with Crippen LogP contribution in [0, 0.1) is 0 Å². The van der Waals surface area contributed by atoms with Crippen LogP contribution in [-0.2, 0) is 0 Å². The molecule has 0 aromatic heterocycles. The topological polar surface area (TPSA) is 29.5 Å². The summed E-state index contributed by atoms with van der Waals surface area (Å²) >= 11 is 3.35. The highest BCUT2D eigenvalue weighted by Crippen LogP contribution is 2.19. The Balaban J connectivity index is 2.64. The van der Waals surface area contributed by atoms with Gasteiger partial charge in [-0.15, -0.1) is 0 Å². The van der Waals surface area contributed by atoms with E-state index in [4.69, 9.17) is 4.74 Å². The van der Waals surface area contributed by atoms with Crippen LogP contribution < -0.4 is 4.74 Å². The standard InChI is InChI=1S/C10H13BrO2/c1-7(12)8(2)13-10-5-3-4-9(11)6-10/h3-8,12H,1-2H3. The van der Waals surface area contributed by atoms with Gasteiger partial charge in [0.15, 0.2) is 0 Å². The smallest absolute Gasteiger partial charge is 0.121 e. The maximum absolute atomic E-state index is 9.21. The third-order valence-corrected chi connectivity index (χ3v) is 2.29. The number of aliphatic hydroxyl groups excluding tert-OH is 1. The van der Waals surface area contributed by atoms with Gasteiger partial charge in [0, 0.05) is 4.47 Å². The lowest BCUT2D eigenvalue weighted by atomic mass is 10.2. The lowest BCUT2D eigenvalue weighted by molar-refractivity contribution is 0.0604. The Kier molecular flexibility index (Phi) is 3.75. The number of rotatable bonds is 3. The van der Waals surface area contributed by atoms with E-state index in [2.05, 4.69) is 15.9 Å². The molecule has 2 unspecified atom stereocenters. The molecule has 1 N–H and O–H groups in total. The maximum Gasteiger partial charge on any atom is 0.121 e. The molecule has 0 saturated heterocycles. The van der Waals surface area contributed by atoms with Gasteiger partial charge in [-0.25, -0.2) is 0 Å². The number of aliphatic hydroxyl groups is 1. The van der Waals surface area contributed by atoms with Crippen LogP contribution in [-0.4, -0.2) is 17.3 Å². The molecule has 72 valence electrons. The molecule has 0 amide bonds. The van der Waals surface area contributed by atoms with Crippen LogP contribution in [0.4, 0.5) is 0 Å². The van der Waals surface area contributed by atoms with Gasteiger partial charge in [-0.2, -0.15) is 0 Å². The zero-order valence-electron chi connectivity index (χ0n) is 7.70. The SMILES string of the molecule is CC(O)C(C)Oc1cccc(Br)c1. The van der Waals surface area contributed by atoms with Crippen LogP contribution in [0.15, 0.2) is 28.7 Å². The number of hydrogen-bond acceptors (Lipinski definition) is 2. The molecule has 1 aromatic rings. The summed E-state index contributed by atoms with van der Waals surface area (Å²) in [6.07, 6.45) is -0.645. The van der Waals surface area contributed by atoms with Crippen LogP contribution >= 0.6 is 15.9 Å². The van der Waals surface area contributed by atoms with Gasteiger partial charge in [-0.1, -0.05) is 22.0 Å². The summed E-state index contributed by atoms with van der Waals surface area (Å²) in [6.45, 7) is 3.55. The van der Waals surface area contributed by atoms with Crippen molar-refractivity contribution in [2.24, 2.45) is 0 Å². The molecule has 1 rings (SSSR count). The van der Waals surface area contributed by atoms with Gasteiger partial charge in [0.25, 0.3) is 0 Å².